The standard InChI is InChI=1S/C23H28N6O3S/c1-27(16-20(30)24-15-19-11-8-14-32-19)21(31)17-33-23-26-25-22(28-12-6-3-7-13-28)29(23)18-9-4-2-5-10-18/h2,4-5,8-11,14H,3,6-7,12-13,15-17H2,1H3,(H,24,30). The number of hydrogen-bond donors (Lipinski definition) is 1. The molecule has 0 radical (unpaired) electrons. The Hall–Kier alpha value is -3.27. The molecule has 174 valence electrons. The minimum Gasteiger partial charge on any atom is -0.467 e. The normalized spacial score (nSPS) is 13.7. The number of likely N-dealkylation sites (N-methyl/N-ethyl adjacent to an activating group) is 1. The van der Waals surface area contributed by atoms with E-state index < -0.39 is 0 Å². The SMILES string of the molecule is CN(CC(=O)NCc1ccco1)C(=O)CSc1nnc(N2CCCCC2)n1-c1ccccc1. The highest BCUT2D eigenvalue weighted by Crippen LogP contribution is 2.28. The number of nitrogens with zero attached hydrogens (tertiary/aromatic N) is 5. The zero-order valence-electron chi connectivity index (χ0n) is 18.6. The summed E-state index contributed by atoms with van der Waals surface area (Å²) in [6.45, 7) is 2.17. The number of nitrogens with one attached hydrogen (secondary N) is 1. The molecule has 1 saturated heterocycles. The number of hydrogen-bond acceptors (Lipinski definition) is 7. The summed E-state index contributed by atoms with van der Waals surface area (Å²) in [7, 11) is 1.62. The number of carbonyl (C=O) groups is 2. The molecule has 1 aliphatic rings. The van der Waals surface area contributed by atoms with E-state index in [1.165, 1.54) is 23.1 Å². The van der Waals surface area contributed by atoms with Crippen LogP contribution in [0.5, 0.6) is 0 Å². The van der Waals surface area contributed by atoms with Crippen LogP contribution < -0.4 is 10.2 Å². The molecule has 2 amide bonds. The van der Waals surface area contributed by atoms with E-state index in [1.54, 1.807) is 25.4 Å². The first-order valence-electron chi connectivity index (χ1n) is 11.0. The quantitative estimate of drug-likeness (QED) is 0.482. The topological polar surface area (TPSA) is 96.5 Å². The van der Waals surface area contributed by atoms with E-state index in [1.807, 2.05) is 34.9 Å². The molecule has 0 saturated carbocycles. The Bertz CT molecular complexity index is 1050. The van der Waals surface area contributed by atoms with Gasteiger partial charge in [0.25, 0.3) is 0 Å². The van der Waals surface area contributed by atoms with Crippen LogP contribution in [0.2, 0.25) is 0 Å². The summed E-state index contributed by atoms with van der Waals surface area (Å²) in [5, 5.41) is 12.3. The van der Waals surface area contributed by atoms with Crippen molar-refractivity contribution in [1.82, 2.24) is 25.0 Å². The maximum atomic E-state index is 12.7. The Morgan fingerprint density at radius 3 is 2.61 bits per heavy atom. The van der Waals surface area contributed by atoms with Crippen LogP contribution in [0.4, 0.5) is 5.95 Å². The van der Waals surface area contributed by atoms with E-state index in [9.17, 15) is 9.59 Å². The molecule has 9 nitrogen and oxygen atoms in total. The van der Waals surface area contributed by atoms with Crippen molar-refractivity contribution in [1.29, 1.82) is 0 Å². The molecular weight excluding hydrogens is 440 g/mol. The maximum absolute atomic E-state index is 12.7. The number of furan rings is 1. The third kappa shape index (κ3) is 5.95. The van der Waals surface area contributed by atoms with Crippen LogP contribution in [0, 0.1) is 0 Å². The second-order valence-electron chi connectivity index (χ2n) is 7.90. The molecule has 0 atom stereocenters. The number of aromatic nitrogens is 3. The van der Waals surface area contributed by atoms with E-state index in [2.05, 4.69) is 20.4 Å². The molecule has 0 bridgehead atoms. The summed E-state index contributed by atoms with van der Waals surface area (Å²) >= 11 is 1.33. The molecule has 4 rings (SSSR count). The summed E-state index contributed by atoms with van der Waals surface area (Å²) in [5.41, 5.74) is 0.962. The number of thioether (sulfide) groups is 1. The first-order chi connectivity index (χ1) is 16.1. The molecule has 2 aromatic heterocycles. The predicted molar refractivity (Wildman–Crippen MR) is 126 cm³/mol. The Labute approximate surface area is 197 Å². The number of rotatable bonds is 9. The number of piperidine rings is 1. The van der Waals surface area contributed by atoms with Crippen molar-refractivity contribution in [3.05, 3.63) is 54.5 Å². The minimum atomic E-state index is -0.243. The second kappa shape index (κ2) is 11.0. The van der Waals surface area contributed by atoms with Gasteiger partial charge in [0, 0.05) is 20.1 Å². The first-order valence-corrected chi connectivity index (χ1v) is 12.0. The summed E-state index contributed by atoms with van der Waals surface area (Å²) in [6, 6.07) is 13.5. The number of carbonyl (C=O) groups excluding carboxylic acids is 2. The smallest absolute Gasteiger partial charge is 0.239 e. The van der Waals surface area contributed by atoms with Gasteiger partial charge in [-0.2, -0.15) is 0 Å². The average Bonchev–Trinajstić information content (AvgIpc) is 3.52. The van der Waals surface area contributed by atoms with E-state index in [0.29, 0.717) is 17.5 Å². The van der Waals surface area contributed by atoms with Crippen LogP contribution in [0.15, 0.2) is 58.3 Å². The second-order valence-corrected chi connectivity index (χ2v) is 8.84. The lowest BCUT2D eigenvalue weighted by atomic mass is 10.1. The van der Waals surface area contributed by atoms with Gasteiger partial charge in [-0.25, -0.2) is 0 Å². The van der Waals surface area contributed by atoms with E-state index in [0.717, 1.165) is 37.6 Å². The highest BCUT2D eigenvalue weighted by atomic mass is 32.2. The van der Waals surface area contributed by atoms with Crippen LogP contribution in [-0.4, -0.2) is 63.9 Å². The van der Waals surface area contributed by atoms with Crippen LogP contribution in [-0.2, 0) is 16.1 Å². The molecule has 1 aliphatic heterocycles. The van der Waals surface area contributed by atoms with Gasteiger partial charge < -0.3 is 19.5 Å². The fourth-order valence-electron chi connectivity index (χ4n) is 3.65. The van der Waals surface area contributed by atoms with Gasteiger partial charge in [0.1, 0.15) is 5.76 Å². The zero-order chi connectivity index (χ0) is 23.0. The molecule has 10 heteroatoms. The Kier molecular flexibility index (Phi) is 7.66. The van der Waals surface area contributed by atoms with Crippen LogP contribution in [0.1, 0.15) is 25.0 Å². The molecule has 3 aromatic rings. The molecule has 33 heavy (non-hydrogen) atoms. The van der Waals surface area contributed by atoms with Gasteiger partial charge in [-0.1, -0.05) is 30.0 Å². The molecule has 3 heterocycles. The van der Waals surface area contributed by atoms with Gasteiger partial charge in [0.05, 0.1) is 30.8 Å². The monoisotopic (exact) mass is 468 g/mol. The lowest BCUT2D eigenvalue weighted by molar-refractivity contribution is -0.132. The highest BCUT2D eigenvalue weighted by Gasteiger charge is 2.22. The van der Waals surface area contributed by atoms with Gasteiger partial charge in [0.15, 0.2) is 5.16 Å². The third-order valence-electron chi connectivity index (χ3n) is 5.44. The highest BCUT2D eigenvalue weighted by molar-refractivity contribution is 7.99. The van der Waals surface area contributed by atoms with E-state index in [4.69, 9.17) is 4.42 Å². The van der Waals surface area contributed by atoms with Crippen LogP contribution in [0.25, 0.3) is 5.69 Å². The van der Waals surface area contributed by atoms with Crippen molar-refractivity contribution >= 4 is 29.5 Å². The van der Waals surface area contributed by atoms with Gasteiger partial charge >= 0.3 is 0 Å². The molecule has 1 N–H and O–H groups in total. The molecule has 0 aliphatic carbocycles. The van der Waals surface area contributed by atoms with Gasteiger partial charge in [-0.3, -0.25) is 14.2 Å². The fourth-order valence-corrected chi connectivity index (χ4v) is 4.54. The van der Waals surface area contributed by atoms with Gasteiger partial charge in [-0.15, -0.1) is 10.2 Å². The van der Waals surface area contributed by atoms with Crippen LogP contribution >= 0.6 is 11.8 Å². The summed E-state index contributed by atoms with van der Waals surface area (Å²) < 4.78 is 7.21. The average molecular weight is 469 g/mol. The third-order valence-corrected chi connectivity index (χ3v) is 6.35. The fraction of sp³-hybridized carbons (Fsp3) is 0.391. The van der Waals surface area contributed by atoms with Crippen molar-refractivity contribution < 1.29 is 14.0 Å². The van der Waals surface area contributed by atoms with Crippen LogP contribution in [0.3, 0.4) is 0 Å². The number of amides is 2. The predicted octanol–water partition coefficient (Wildman–Crippen LogP) is 2.72. The van der Waals surface area contributed by atoms with Crippen molar-refractivity contribution in [3.63, 3.8) is 0 Å². The van der Waals surface area contributed by atoms with Crippen molar-refractivity contribution in [2.75, 3.05) is 37.3 Å². The molecule has 0 unspecified atom stereocenters. The van der Waals surface area contributed by atoms with E-state index in [-0.39, 0.29) is 24.1 Å². The number of anilines is 1. The van der Waals surface area contributed by atoms with Crippen molar-refractivity contribution in [3.8, 4) is 5.69 Å². The summed E-state index contributed by atoms with van der Waals surface area (Å²) in [6.07, 6.45) is 5.05. The summed E-state index contributed by atoms with van der Waals surface area (Å²) in [5.74, 6) is 1.23. The maximum Gasteiger partial charge on any atom is 0.239 e. The van der Waals surface area contributed by atoms with E-state index >= 15 is 0 Å². The lowest BCUT2D eigenvalue weighted by Gasteiger charge is -2.27. The Morgan fingerprint density at radius 2 is 1.88 bits per heavy atom. The van der Waals surface area contributed by atoms with Crippen molar-refractivity contribution in [2.24, 2.45) is 0 Å². The number of para-hydroxylation sites is 1. The summed E-state index contributed by atoms with van der Waals surface area (Å²) in [4.78, 5) is 28.5. The Balaban J connectivity index is 1.38. The molecular formula is C23H28N6O3S. The Morgan fingerprint density at radius 1 is 1.09 bits per heavy atom. The molecule has 0 spiro atoms. The lowest BCUT2D eigenvalue weighted by Crippen LogP contribution is -2.38. The first kappa shape index (κ1) is 22.9. The molecule has 1 aromatic carbocycles. The minimum absolute atomic E-state index is 0.0233. The van der Waals surface area contributed by atoms with Gasteiger partial charge in [-0.05, 0) is 43.5 Å². The van der Waals surface area contributed by atoms with Gasteiger partial charge in [0.2, 0.25) is 17.8 Å². The number of benzene rings is 1. The molecule has 1 fully saturated rings. The zero-order valence-corrected chi connectivity index (χ0v) is 19.5. The van der Waals surface area contributed by atoms with Crippen molar-refractivity contribution in [2.45, 2.75) is 31.0 Å². The largest absolute Gasteiger partial charge is 0.467 e.